The molecule has 1 aromatic heterocycles. The second-order valence-corrected chi connectivity index (χ2v) is 14.5. The van der Waals surface area contributed by atoms with Crippen LogP contribution in [0.5, 0.6) is 5.75 Å². The van der Waals surface area contributed by atoms with Gasteiger partial charge in [-0.05, 0) is 103 Å². The highest BCUT2D eigenvalue weighted by atomic mass is 16.6. The molecular formula is C40H44N4O10. The molecule has 54 heavy (non-hydrogen) atoms. The molecule has 0 saturated carbocycles. The Balaban J connectivity index is 1.43. The van der Waals surface area contributed by atoms with Gasteiger partial charge < -0.3 is 28.8 Å². The van der Waals surface area contributed by atoms with Gasteiger partial charge in [-0.2, -0.15) is 0 Å². The van der Waals surface area contributed by atoms with Crippen molar-refractivity contribution in [1.29, 1.82) is 0 Å². The third-order valence-corrected chi connectivity index (χ3v) is 7.25. The molecule has 3 aromatic carbocycles. The van der Waals surface area contributed by atoms with Crippen LogP contribution in [0.25, 0.3) is 11.0 Å². The fourth-order valence-electron chi connectivity index (χ4n) is 5.00. The number of guanidine groups is 1. The summed E-state index contributed by atoms with van der Waals surface area (Å²) < 4.78 is 21.8. The van der Waals surface area contributed by atoms with E-state index in [0.717, 1.165) is 5.56 Å². The fraction of sp³-hybridized carbons (Fsp3) is 0.325. The zero-order valence-corrected chi connectivity index (χ0v) is 31.5. The number of alkyl carbamates (subject to hydrolysis) is 1. The number of nitrogens with one attached hydrogen (secondary N) is 2. The van der Waals surface area contributed by atoms with Crippen LogP contribution in [-0.4, -0.2) is 64.2 Å². The summed E-state index contributed by atoms with van der Waals surface area (Å²) in [5.41, 5.74) is 1.12. The van der Waals surface area contributed by atoms with Crippen molar-refractivity contribution in [2.45, 2.75) is 79.6 Å². The molecule has 0 aliphatic heterocycles. The number of rotatable bonds is 10. The molecule has 14 nitrogen and oxygen atoms in total. The van der Waals surface area contributed by atoms with Crippen molar-refractivity contribution in [3.05, 3.63) is 95.2 Å². The summed E-state index contributed by atoms with van der Waals surface area (Å²) in [6, 6.07) is 17.7. The number of furan rings is 1. The van der Waals surface area contributed by atoms with Crippen LogP contribution in [0, 0.1) is 0 Å². The third kappa shape index (κ3) is 12.4. The van der Waals surface area contributed by atoms with Gasteiger partial charge in [0, 0.05) is 34.8 Å². The maximum absolute atomic E-state index is 13.4. The van der Waals surface area contributed by atoms with Gasteiger partial charge in [-0.15, -0.1) is 4.99 Å². The van der Waals surface area contributed by atoms with Gasteiger partial charge in [0.15, 0.2) is 5.78 Å². The summed E-state index contributed by atoms with van der Waals surface area (Å²) >= 11 is 0. The number of ether oxygens (including phenoxy) is 3. The topological polar surface area (TPSA) is 183 Å². The van der Waals surface area contributed by atoms with E-state index in [0.29, 0.717) is 27.8 Å². The minimum absolute atomic E-state index is 0.0519. The molecule has 4 rings (SSSR count). The highest BCUT2D eigenvalue weighted by Crippen LogP contribution is 2.27. The van der Waals surface area contributed by atoms with E-state index in [1.165, 1.54) is 55.3 Å². The van der Waals surface area contributed by atoms with Crippen LogP contribution in [-0.2, 0) is 32.0 Å². The molecule has 1 heterocycles. The number of carbonyl (C=O) groups is 6. The Morgan fingerprint density at radius 2 is 1.50 bits per heavy atom. The zero-order valence-electron chi connectivity index (χ0n) is 31.5. The standard InChI is InChI=1S/C40H44N4O10/c1-24(45)21-44(22-26-10-9-11-28(18-26)25(2)46)34(47)19-29-23-51-33-20-31(16-17-32(29)33)52-35(48)27-12-14-30(15-13-27)41-36(42-37(49)53-39(3,4)5)43-38(50)54-40(6,7)8/h9-18,20,23H,19,21-22H2,1-8H3,(H2,41,42,43,49,50). The number of amides is 3. The van der Waals surface area contributed by atoms with Crippen molar-refractivity contribution in [1.82, 2.24) is 10.2 Å². The maximum atomic E-state index is 13.4. The molecule has 0 saturated heterocycles. The minimum atomic E-state index is -0.948. The summed E-state index contributed by atoms with van der Waals surface area (Å²) in [7, 11) is 0. The van der Waals surface area contributed by atoms with Crippen LogP contribution >= 0.6 is 0 Å². The first kappa shape index (κ1) is 40.5. The number of benzene rings is 3. The number of Topliss-reactive ketones (excluding diaryl/α,β-unsaturated/α-hetero) is 2. The summed E-state index contributed by atoms with van der Waals surface area (Å²) in [5.74, 6) is -1.33. The lowest BCUT2D eigenvalue weighted by atomic mass is 10.1. The molecule has 0 aliphatic rings. The molecule has 0 aliphatic carbocycles. The number of hydrogen-bond acceptors (Lipinski definition) is 10. The number of carbonyl (C=O) groups excluding carboxylic acids is 6. The van der Waals surface area contributed by atoms with Gasteiger partial charge in [-0.3, -0.25) is 19.7 Å². The van der Waals surface area contributed by atoms with Crippen LogP contribution in [0.15, 0.2) is 82.4 Å². The highest BCUT2D eigenvalue weighted by Gasteiger charge is 2.22. The number of nitrogens with zero attached hydrogens (tertiary/aromatic N) is 2. The van der Waals surface area contributed by atoms with Crippen molar-refractivity contribution < 1.29 is 47.4 Å². The minimum Gasteiger partial charge on any atom is -0.464 e. The Bertz CT molecular complexity index is 2090. The van der Waals surface area contributed by atoms with Gasteiger partial charge >= 0.3 is 18.2 Å². The maximum Gasteiger partial charge on any atom is 0.437 e. The molecule has 3 amide bonds. The van der Waals surface area contributed by atoms with E-state index in [2.05, 4.69) is 15.6 Å². The van der Waals surface area contributed by atoms with E-state index in [-0.39, 0.29) is 54.3 Å². The average molecular weight is 741 g/mol. The lowest BCUT2D eigenvalue weighted by Crippen LogP contribution is -2.40. The van der Waals surface area contributed by atoms with Gasteiger partial charge in [0.05, 0.1) is 24.8 Å². The van der Waals surface area contributed by atoms with Crippen LogP contribution in [0.3, 0.4) is 0 Å². The molecule has 0 radical (unpaired) electrons. The Hall–Kier alpha value is -6.31. The van der Waals surface area contributed by atoms with E-state index >= 15 is 0 Å². The first-order chi connectivity index (χ1) is 25.2. The number of hydrogen-bond donors (Lipinski definition) is 2. The van der Waals surface area contributed by atoms with Crippen LogP contribution < -0.4 is 15.4 Å². The van der Waals surface area contributed by atoms with Crippen LogP contribution in [0.1, 0.15) is 87.2 Å². The molecule has 2 N–H and O–H groups in total. The van der Waals surface area contributed by atoms with E-state index < -0.39 is 29.4 Å². The molecule has 0 fully saturated rings. The largest absolute Gasteiger partial charge is 0.464 e. The first-order valence-electron chi connectivity index (χ1n) is 17.0. The number of aliphatic imine (C=N–C) groups is 1. The molecule has 0 spiro atoms. The van der Waals surface area contributed by atoms with E-state index in [1.807, 2.05) is 0 Å². The van der Waals surface area contributed by atoms with Gasteiger partial charge in [-0.25, -0.2) is 14.4 Å². The fourth-order valence-corrected chi connectivity index (χ4v) is 5.00. The quantitative estimate of drug-likeness (QED) is 0.0549. The molecular weight excluding hydrogens is 696 g/mol. The predicted octanol–water partition coefficient (Wildman–Crippen LogP) is 7.24. The highest BCUT2D eigenvalue weighted by molar-refractivity contribution is 6.06. The smallest absolute Gasteiger partial charge is 0.437 e. The molecule has 284 valence electrons. The molecule has 14 heteroatoms. The predicted molar refractivity (Wildman–Crippen MR) is 201 cm³/mol. The monoisotopic (exact) mass is 740 g/mol. The Labute approximate surface area is 312 Å². The van der Waals surface area contributed by atoms with Crippen molar-refractivity contribution in [2.24, 2.45) is 4.99 Å². The van der Waals surface area contributed by atoms with E-state index in [1.54, 1.807) is 77.9 Å². The number of ketones is 2. The average Bonchev–Trinajstić information content (AvgIpc) is 3.44. The Morgan fingerprint density at radius 1 is 0.815 bits per heavy atom. The van der Waals surface area contributed by atoms with Gasteiger partial charge in [0.25, 0.3) is 0 Å². The number of fused-ring (bicyclic) bond motifs is 1. The van der Waals surface area contributed by atoms with Crippen molar-refractivity contribution >= 4 is 58.2 Å². The SMILES string of the molecule is CC(=O)CN(Cc1cccc(C(C)=O)c1)C(=O)Cc1coc2cc(OC(=O)c3ccc(N/C(=N\C(=O)OC(C)(C)C)NC(=O)OC(C)(C)C)cc3)ccc12. The van der Waals surface area contributed by atoms with Crippen LogP contribution in [0.2, 0.25) is 0 Å². The van der Waals surface area contributed by atoms with Gasteiger partial charge in [0.2, 0.25) is 11.9 Å². The van der Waals surface area contributed by atoms with E-state index in [4.69, 9.17) is 18.6 Å². The lowest BCUT2D eigenvalue weighted by Gasteiger charge is -2.22. The molecule has 0 bridgehead atoms. The van der Waals surface area contributed by atoms with Crippen molar-refractivity contribution in [3.8, 4) is 5.75 Å². The van der Waals surface area contributed by atoms with Gasteiger partial charge in [0.1, 0.15) is 28.3 Å². The van der Waals surface area contributed by atoms with E-state index in [9.17, 15) is 28.8 Å². The van der Waals surface area contributed by atoms with Crippen LogP contribution in [0.4, 0.5) is 15.3 Å². The number of esters is 1. The second kappa shape index (κ2) is 17.0. The Kier molecular flexibility index (Phi) is 12.7. The summed E-state index contributed by atoms with van der Waals surface area (Å²) in [6.45, 7) is 13.0. The summed E-state index contributed by atoms with van der Waals surface area (Å²) in [6.07, 6.45) is -0.409. The zero-order chi connectivity index (χ0) is 39.8. The normalized spacial score (nSPS) is 11.7. The summed E-state index contributed by atoms with van der Waals surface area (Å²) in [5, 5.41) is 5.84. The lowest BCUT2D eigenvalue weighted by molar-refractivity contribution is -0.134. The molecule has 0 unspecified atom stereocenters. The molecule has 0 atom stereocenters. The van der Waals surface area contributed by atoms with Crippen molar-refractivity contribution in [2.75, 3.05) is 11.9 Å². The van der Waals surface area contributed by atoms with Gasteiger partial charge in [-0.1, -0.05) is 18.2 Å². The molecule has 4 aromatic rings. The van der Waals surface area contributed by atoms with Crippen molar-refractivity contribution in [3.63, 3.8) is 0 Å². The number of anilines is 1. The first-order valence-corrected chi connectivity index (χ1v) is 17.0. The third-order valence-electron chi connectivity index (χ3n) is 7.25. The summed E-state index contributed by atoms with van der Waals surface area (Å²) in [4.78, 5) is 80.3. The second-order valence-electron chi connectivity index (χ2n) is 14.5. The Morgan fingerprint density at radius 3 is 2.13 bits per heavy atom.